The van der Waals surface area contributed by atoms with Crippen LogP contribution in [0.4, 0.5) is 21.5 Å². The van der Waals surface area contributed by atoms with Crippen LogP contribution in [0.25, 0.3) is 0 Å². The van der Waals surface area contributed by atoms with Crippen LogP contribution in [-0.2, 0) is 14.8 Å². The predicted octanol–water partition coefficient (Wildman–Crippen LogP) is 3.34. The molecule has 0 bridgehead atoms. The van der Waals surface area contributed by atoms with Crippen molar-refractivity contribution in [2.24, 2.45) is 0 Å². The highest BCUT2D eigenvalue weighted by Crippen LogP contribution is 2.44. The number of sulfonamides is 1. The molecular weight excluding hydrogens is 359 g/mol. The minimum absolute atomic E-state index is 0.302. The Morgan fingerprint density at radius 1 is 1.12 bits per heavy atom. The largest absolute Gasteiger partial charge is 0.476 e. The van der Waals surface area contributed by atoms with E-state index in [1.54, 1.807) is 32.9 Å². The monoisotopic (exact) mass is 378 g/mol. The molecule has 8 heteroatoms. The van der Waals surface area contributed by atoms with Crippen LogP contribution < -0.4 is 14.4 Å². The fraction of sp³-hybridized carbons (Fsp3) is 0.278. The third kappa shape index (κ3) is 3.37. The van der Waals surface area contributed by atoms with E-state index in [9.17, 15) is 17.6 Å². The van der Waals surface area contributed by atoms with E-state index in [-0.39, 0.29) is 11.7 Å². The fourth-order valence-electron chi connectivity index (χ4n) is 2.86. The molecule has 1 aliphatic rings. The topological polar surface area (TPSA) is 75.7 Å². The molecule has 0 aromatic heterocycles. The molecule has 26 heavy (non-hydrogen) atoms. The minimum atomic E-state index is -3.45. The summed E-state index contributed by atoms with van der Waals surface area (Å²) in [6.07, 6.45) is 1.05. The molecule has 0 saturated heterocycles. The van der Waals surface area contributed by atoms with E-state index >= 15 is 0 Å². The summed E-state index contributed by atoms with van der Waals surface area (Å²) in [4.78, 5) is 14.4. The van der Waals surface area contributed by atoms with Crippen LogP contribution in [0.3, 0.4) is 0 Å². The first-order chi connectivity index (χ1) is 12.0. The number of amides is 1. The zero-order valence-electron chi connectivity index (χ0n) is 14.8. The molecule has 3 rings (SSSR count). The lowest BCUT2D eigenvalue weighted by molar-refractivity contribution is -0.131. The van der Waals surface area contributed by atoms with Gasteiger partial charge in [0, 0.05) is 6.07 Å². The molecule has 2 aromatic rings. The smallest absolute Gasteiger partial charge is 0.275 e. The zero-order chi connectivity index (χ0) is 19.3. The van der Waals surface area contributed by atoms with Gasteiger partial charge < -0.3 is 4.74 Å². The van der Waals surface area contributed by atoms with Crippen LogP contribution in [0.1, 0.15) is 19.4 Å². The Balaban J connectivity index is 2.16. The van der Waals surface area contributed by atoms with Crippen LogP contribution in [0.2, 0.25) is 0 Å². The van der Waals surface area contributed by atoms with Crippen LogP contribution >= 0.6 is 0 Å². The molecule has 0 spiro atoms. The SMILES string of the molecule is Cc1cc(F)ccc1N1C(=O)C(C)(C)Oc2cc(NS(C)(=O)=O)ccc21. The molecule has 0 radical (unpaired) electrons. The van der Waals surface area contributed by atoms with Gasteiger partial charge in [-0.3, -0.25) is 14.4 Å². The van der Waals surface area contributed by atoms with Gasteiger partial charge in [-0.15, -0.1) is 0 Å². The van der Waals surface area contributed by atoms with Gasteiger partial charge in [0.1, 0.15) is 11.6 Å². The molecule has 0 fully saturated rings. The Labute approximate surface area is 151 Å². The van der Waals surface area contributed by atoms with E-state index in [4.69, 9.17) is 4.74 Å². The first kappa shape index (κ1) is 18.2. The maximum atomic E-state index is 13.5. The average Bonchev–Trinajstić information content (AvgIpc) is 2.48. The number of anilines is 3. The molecule has 6 nitrogen and oxygen atoms in total. The van der Waals surface area contributed by atoms with Gasteiger partial charge in [0.25, 0.3) is 5.91 Å². The van der Waals surface area contributed by atoms with Crippen LogP contribution in [0.5, 0.6) is 5.75 Å². The Morgan fingerprint density at radius 3 is 2.38 bits per heavy atom. The molecule has 138 valence electrons. The van der Waals surface area contributed by atoms with Crippen molar-refractivity contribution >= 4 is 33.0 Å². The van der Waals surface area contributed by atoms with E-state index in [2.05, 4.69) is 4.72 Å². The highest BCUT2D eigenvalue weighted by molar-refractivity contribution is 7.92. The highest BCUT2D eigenvalue weighted by atomic mass is 32.2. The minimum Gasteiger partial charge on any atom is -0.476 e. The van der Waals surface area contributed by atoms with Gasteiger partial charge >= 0.3 is 0 Å². The van der Waals surface area contributed by atoms with Crippen molar-refractivity contribution in [3.8, 4) is 5.75 Å². The number of ether oxygens (including phenoxy) is 1. The number of rotatable bonds is 3. The third-order valence-corrected chi connectivity index (χ3v) is 4.59. The van der Waals surface area contributed by atoms with Gasteiger partial charge in [0.15, 0.2) is 5.60 Å². The number of carbonyl (C=O) groups is 1. The second-order valence-corrected chi connectivity index (χ2v) is 8.49. The summed E-state index contributed by atoms with van der Waals surface area (Å²) in [5.41, 5.74) is 0.755. The molecule has 2 aromatic carbocycles. The second-order valence-electron chi connectivity index (χ2n) is 6.74. The van der Waals surface area contributed by atoms with E-state index in [1.165, 1.54) is 29.2 Å². The summed E-state index contributed by atoms with van der Waals surface area (Å²) in [5, 5.41) is 0. The molecule has 1 heterocycles. The first-order valence-electron chi connectivity index (χ1n) is 7.89. The van der Waals surface area contributed by atoms with Gasteiger partial charge in [0.2, 0.25) is 10.0 Å². The van der Waals surface area contributed by atoms with Crippen LogP contribution in [0.15, 0.2) is 36.4 Å². The van der Waals surface area contributed by atoms with Gasteiger partial charge in [-0.2, -0.15) is 0 Å². The maximum Gasteiger partial charge on any atom is 0.275 e. The highest BCUT2D eigenvalue weighted by Gasteiger charge is 2.42. The van der Waals surface area contributed by atoms with Crippen molar-refractivity contribution in [3.63, 3.8) is 0 Å². The number of hydrogen-bond donors (Lipinski definition) is 1. The Morgan fingerprint density at radius 2 is 1.77 bits per heavy atom. The van der Waals surface area contributed by atoms with Crippen molar-refractivity contribution in [1.82, 2.24) is 0 Å². The fourth-order valence-corrected chi connectivity index (χ4v) is 3.42. The average molecular weight is 378 g/mol. The van der Waals surface area contributed by atoms with Gasteiger partial charge in [-0.1, -0.05) is 0 Å². The third-order valence-electron chi connectivity index (χ3n) is 3.99. The van der Waals surface area contributed by atoms with Gasteiger partial charge in [-0.25, -0.2) is 12.8 Å². The molecule has 1 N–H and O–H groups in total. The van der Waals surface area contributed by atoms with E-state index in [0.29, 0.717) is 28.4 Å². The molecule has 1 aliphatic heterocycles. The van der Waals surface area contributed by atoms with Crippen molar-refractivity contribution in [2.75, 3.05) is 15.9 Å². The molecule has 0 aliphatic carbocycles. The first-order valence-corrected chi connectivity index (χ1v) is 9.79. The van der Waals surface area contributed by atoms with Crippen LogP contribution in [-0.4, -0.2) is 26.2 Å². The number of halogens is 1. The second kappa shape index (κ2) is 5.98. The number of carbonyl (C=O) groups excluding carboxylic acids is 1. The van der Waals surface area contributed by atoms with Crippen LogP contribution in [0, 0.1) is 12.7 Å². The van der Waals surface area contributed by atoms with Crippen molar-refractivity contribution < 1.29 is 22.3 Å². The standard InChI is InChI=1S/C18H19FN2O4S/c1-11-9-12(19)5-7-14(11)21-15-8-6-13(20-26(4,23)24)10-16(15)25-18(2,3)17(21)22/h5-10,20H,1-4H3. The predicted molar refractivity (Wildman–Crippen MR) is 97.9 cm³/mol. The summed E-state index contributed by atoms with van der Waals surface area (Å²) in [6.45, 7) is 4.97. The zero-order valence-corrected chi connectivity index (χ0v) is 15.6. The number of aryl methyl sites for hydroxylation is 1. The summed E-state index contributed by atoms with van der Waals surface area (Å²) < 4.78 is 44.6. The number of fused-ring (bicyclic) bond motifs is 1. The van der Waals surface area contributed by atoms with E-state index in [1.807, 2.05) is 0 Å². The number of nitrogens with zero attached hydrogens (tertiary/aromatic N) is 1. The Hall–Kier alpha value is -2.61. The lowest BCUT2D eigenvalue weighted by Crippen LogP contribution is -2.50. The maximum absolute atomic E-state index is 13.5. The molecule has 0 saturated carbocycles. The van der Waals surface area contributed by atoms with Crippen molar-refractivity contribution in [1.29, 1.82) is 0 Å². The summed E-state index contributed by atoms with van der Waals surface area (Å²) in [5.74, 6) is -0.338. The molecule has 1 amide bonds. The van der Waals surface area contributed by atoms with Gasteiger partial charge in [0.05, 0.1) is 23.3 Å². The Bertz CT molecular complexity index is 1000. The van der Waals surface area contributed by atoms with E-state index < -0.39 is 15.6 Å². The lowest BCUT2D eigenvalue weighted by Gasteiger charge is -2.39. The number of benzene rings is 2. The van der Waals surface area contributed by atoms with Crippen molar-refractivity contribution in [3.05, 3.63) is 47.8 Å². The summed E-state index contributed by atoms with van der Waals surface area (Å²) in [6, 6.07) is 8.84. The van der Waals surface area contributed by atoms with Crippen molar-refractivity contribution in [2.45, 2.75) is 26.4 Å². The quantitative estimate of drug-likeness (QED) is 0.889. The molecule has 0 atom stereocenters. The Kier molecular flexibility index (Phi) is 4.18. The summed E-state index contributed by atoms with van der Waals surface area (Å²) in [7, 11) is -3.45. The lowest BCUT2D eigenvalue weighted by atomic mass is 10.0. The number of nitrogens with one attached hydrogen (secondary N) is 1. The molecular formula is C18H19FN2O4S. The number of hydrogen-bond acceptors (Lipinski definition) is 4. The summed E-state index contributed by atoms with van der Waals surface area (Å²) >= 11 is 0. The normalized spacial score (nSPS) is 16.0. The van der Waals surface area contributed by atoms with Gasteiger partial charge in [-0.05, 0) is 56.7 Å². The molecule has 0 unspecified atom stereocenters. The van der Waals surface area contributed by atoms with E-state index in [0.717, 1.165) is 6.26 Å².